The zero-order valence-electron chi connectivity index (χ0n) is 16.3. The van der Waals surface area contributed by atoms with Crippen LogP contribution in [0.1, 0.15) is 17.3 Å². The Kier molecular flexibility index (Phi) is 7.49. The molecule has 0 fully saturated rings. The van der Waals surface area contributed by atoms with E-state index in [1.807, 2.05) is 0 Å². The number of carbonyl (C=O) groups is 2. The zero-order chi connectivity index (χ0) is 21.4. The molecule has 3 N–H and O–H groups in total. The van der Waals surface area contributed by atoms with Crippen molar-refractivity contribution in [1.29, 1.82) is 0 Å². The van der Waals surface area contributed by atoms with Crippen LogP contribution in [0.4, 0.5) is 22.7 Å². The van der Waals surface area contributed by atoms with E-state index < -0.39 is 10.8 Å². The molecule has 0 saturated carbocycles. The van der Waals surface area contributed by atoms with Crippen molar-refractivity contribution < 1.29 is 24.0 Å². The van der Waals surface area contributed by atoms with Crippen LogP contribution in [0.15, 0.2) is 36.4 Å². The Labute approximate surface area is 167 Å². The topological polar surface area (TPSA) is 132 Å². The van der Waals surface area contributed by atoms with E-state index in [4.69, 9.17) is 9.47 Å². The van der Waals surface area contributed by atoms with Crippen molar-refractivity contribution in [3.05, 3.63) is 52.1 Å². The van der Waals surface area contributed by atoms with Crippen molar-refractivity contribution in [3.8, 4) is 5.75 Å². The fourth-order valence-electron chi connectivity index (χ4n) is 2.54. The Balaban J connectivity index is 2.27. The van der Waals surface area contributed by atoms with Crippen molar-refractivity contribution in [2.75, 3.05) is 43.3 Å². The van der Waals surface area contributed by atoms with Crippen LogP contribution in [0.2, 0.25) is 0 Å². The highest BCUT2D eigenvalue weighted by Gasteiger charge is 2.18. The molecule has 2 aromatic carbocycles. The number of nitrogens with one attached hydrogen (secondary N) is 3. The van der Waals surface area contributed by atoms with Crippen LogP contribution in [0.25, 0.3) is 0 Å². The lowest BCUT2D eigenvalue weighted by molar-refractivity contribution is -0.384. The molecule has 0 bridgehead atoms. The number of anilines is 3. The Morgan fingerprint density at radius 3 is 2.45 bits per heavy atom. The van der Waals surface area contributed by atoms with E-state index >= 15 is 0 Å². The van der Waals surface area contributed by atoms with Gasteiger partial charge >= 0.3 is 0 Å². The Hall–Kier alpha value is -3.66. The smallest absolute Gasteiger partial charge is 0.293 e. The summed E-state index contributed by atoms with van der Waals surface area (Å²) in [5, 5.41) is 19.5. The molecule has 0 aliphatic heterocycles. The number of nitro groups is 1. The molecule has 2 aromatic rings. The number of methoxy groups -OCH3 is 2. The summed E-state index contributed by atoms with van der Waals surface area (Å²) in [7, 11) is 2.97. The highest BCUT2D eigenvalue weighted by atomic mass is 16.6. The summed E-state index contributed by atoms with van der Waals surface area (Å²) in [5.74, 6) is -0.450. The summed E-state index contributed by atoms with van der Waals surface area (Å²) in [6.07, 6.45) is 0. The molecule has 0 spiro atoms. The molecule has 0 heterocycles. The fraction of sp³-hybridized carbons (Fsp3) is 0.263. The van der Waals surface area contributed by atoms with Crippen LogP contribution in [0.5, 0.6) is 5.75 Å². The van der Waals surface area contributed by atoms with Crippen molar-refractivity contribution >= 4 is 34.6 Å². The predicted molar refractivity (Wildman–Crippen MR) is 109 cm³/mol. The molecular formula is C19H22N4O6. The number of nitro benzene ring substituents is 1. The highest BCUT2D eigenvalue weighted by molar-refractivity contribution is 6.06. The minimum absolute atomic E-state index is 0.0981. The average Bonchev–Trinajstić information content (AvgIpc) is 2.68. The highest BCUT2D eigenvalue weighted by Crippen LogP contribution is 2.30. The SMILES string of the molecule is COCCNc1ccc(C(=O)Nc2cc(NC(C)=O)ccc2OC)cc1[N+](=O)[O-]. The van der Waals surface area contributed by atoms with Crippen molar-refractivity contribution in [1.82, 2.24) is 0 Å². The molecule has 0 aliphatic rings. The van der Waals surface area contributed by atoms with Crippen LogP contribution in [-0.4, -0.2) is 44.1 Å². The Morgan fingerprint density at radius 2 is 1.83 bits per heavy atom. The lowest BCUT2D eigenvalue weighted by atomic mass is 10.1. The van der Waals surface area contributed by atoms with Gasteiger partial charge in [-0.1, -0.05) is 0 Å². The van der Waals surface area contributed by atoms with Gasteiger partial charge in [0.25, 0.3) is 11.6 Å². The molecule has 0 atom stereocenters. The van der Waals surface area contributed by atoms with Gasteiger partial charge in [-0.05, 0) is 30.3 Å². The normalized spacial score (nSPS) is 10.2. The van der Waals surface area contributed by atoms with Gasteiger partial charge < -0.3 is 25.4 Å². The van der Waals surface area contributed by atoms with Gasteiger partial charge in [0, 0.05) is 37.9 Å². The third kappa shape index (κ3) is 5.91. The second-order valence-corrected chi connectivity index (χ2v) is 5.96. The zero-order valence-corrected chi connectivity index (χ0v) is 16.3. The number of ether oxygens (including phenoxy) is 2. The minimum atomic E-state index is -0.566. The molecular weight excluding hydrogens is 380 g/mol. The lowest BCUT2D eigenvalue weighted by Gasteiger charge is -2.13. The van der Waals surface area contributed by atoms with Crippen LogP contribution in [0, 0.1) is 10.1 Å². The summed E-state index contributed by atoms with van der Waals surface area (Å²) >= 11 is 0. The van der Waals surface area contributed by atoms with Crippen LogP contribution >= 0.6 is 0 Å². The standard InChI is InChI=1S/C19H22N4O6/c1-12(24)21-14-5-7-18(29-3)16(11-14)22-19(25)13-4-6-15(20-8-9-28-2)17(10-13)23(26)27/h4-7,10-11,20H,8-9H2,1-3H3,(H,21,24)(H,22,25). The molecule has 2 rings (SSSR count). The summed E-state index contributed by atoms with van der Waals surface area (Å²) in [5.41, 5.74) is 0.938. The third-order valence-corrected chi connectivity index (χ3v) is 3.85. The van der Waals surface area contributed by atoms with E-state index in [2.05, 4.69) is 16.0 Å². The summed E-state index contributed by atoms with van der Waals surface area (Å²) in [6, 6.07) is 8.88. The quantitative estimate of drug-likeness (QED) is 0.334. The first-order valence-electron chi connectivity index (χ1n) is 8.64. The van der Waals surface area contributed by atoms with E-state index in [0.29, 0.717) is 30.3 Å². The van der Waals surface area contributed by atoms with Crippen LogP contribution in [-0.2, 0) is 9.53 Å². The van der Waals surface area contributed by atoms with Gasteiger partial charge in [-0.25, -0.2) is 0 Å². The first-order valence-corrected chi connectivity index (χ1v) is 8.64. The second-order valence-electron chi connectivity index (χ2n) is 5.96. The Bertz CT molecular complexity index is 916. The molecule has 10 heteroatoms. The van der Waals surface area contributed by atoms with Gasteiger partial charge in [-0.2, -0.15) is 0 Å². The number of carbonyl (C=O) groups excluding carboxylic acids is 2. The number of hydrogen-bond acceptors (Lipinski definition) is 7. The van der Waals surface area contributed by atoms with Crippen molar-refractivity contribution in [3.63, 3.8) is 0 Å². The number of benzene rings is 2. The summed E-state index contributed by atoms with van der Waals surface area (Å²) < 4.78 is 10.1. The van der Waals surface area contributed by atoms with Crippen LogP contribution < -0.4 is 20.7 Å². The minimum Gasteiger partial charge on any atom is -0.495 e. The molecule has 0 unspecified atom stereocenters. The van der Waals surface area contributed by atoms with E-state index in [-0.39, 0.29) is 22.8 Å². The van der Waals surface area contributed by atoms with Gasteiger partial charge in [0.05, 0.1) is 24.3 Å². The molecule has 2 amide bonds. The van der Waals surface area contributed by atoms with E-state index in [9.17, 15) is 19.7 Å². The molecule has 0 saturated heterocycles. The molecule has 154 valence electrons. The predicted octanol–water partition coefficient (Wildman–Crippen LogP) is 2.87. The van der Waals surface area contributed by atoms with Gasteiger partial charge in [-0.3, -0.25) is 19.7 Å². The largest absolute Gasteiger partial charge is 0.495 e. The van der Waals surface area contributed by atoms with Crippen molar-refractivity contribution in [2.45, 2.75) is 6.92 Å². The number of nitrogens with zero attached hydrogens (tertiary/aromatic N) is 1. The number of hydrogen-bond donors (Lipinski definition) is 3. The maximum atomic E-state index is 12.6. The molecule has 0 aliphatic carbocycles. The maximum absolute atomic E-state index is 12.6. The van der Waals surface area contributed by atoms with Gasteiger partial charge in [-0.15, -0.1) is 0 Å². The van der Waals surface area contributed by atoms with E-state index in [1.165, 1.54) is 45.4 Å². The van der Waals surface area contributed by atoms with Crippen molar-refractivity contribution in [2.24, 2.45) is 0 Å². The monoisotopic (exact) mass is 402 g/mol. The summed E-state index contributed by atoms with van der Waals surface area (Å²) in [4.78, 5) is 34.7. The van der Waals surface area contributed by atoms with Gasteiger partial charge in [0.15, 0.2) is 0 Å². The third-order valence-electron chi connectivity index (χ3n) is 3.85. The Morgan fingerprint density at radius 1 is 1.07 bits per heavy atom. The summed E-state index contributed by atoms with van der Waals surface area (Å²) in [6.45, 7) is 2.13. The van der Waals surface area contributed by atoms with E-state index in [0.717, 1.165) is 0 Å². The fourth-order valence-corrected chi connectivity index (χ4v) is 2.54. The van der Waals surface area contributed by atoms with Gasteiger partial charge in [0.2, 0.25) is 5.91 Å². The first kappa shape index (κ1) is 21.6. The second kappa shape index (κ2) is 10.0. The first-order chi connectivity index (χ1) is 13.8. The molecule has 0 aromatic heterocycles. The molecule has 0 radical (unpaired) electrons. The number of amides is 2. The van der Waals surface area contributed by atoms with E-state index in [1.54, 1.807) is 12.1 Å². The van der Waals surface area contributed by atoms with Crippen LogP contribution in [0.3, 0.4) is 0 Å². The average molecular weight is 402 g/mol. The molecule has 29 heavy (non-hydrogen) atoms. The lowest BCUT2D eigenvalue weighted by Crippen LogP contribution is -2.15. The number of rotatable bonds is 9. The molecule has 10 nitrogen and oxygen atoms in total. The maximum Gasteiger partial charge on any atom is 0.293 e. The van der Waals surface area contributed by atoms with Gasteiger partial charge in [0.1, 0.15) is 11.4 Å².